The third-order valence-electron chi connectivity index (χ3n) is 4.12. The van der Waals surface area contributed by atoms with Gasteiger partial charge in [-0.3, -0.25) is 4.79 Å². The van der Waals surface area contributed by atoms with Gasteiger partial charge in [0.1, 0.15) is 0 Å². The van der Waals surface area contributed by atoms with Gasteiger partial charge in [-0.25, -0.2) is 0 Å². The lowest BCUT2D eigenvalue weighted by molar-refractivity contribution is -0.125. The Bertz CT molecular complexity index is 273. The molecule has 1 aliphatic heterocycles. The highest BCUT2D eigenvalue weighted by molar-refractivity contribution is 5.79. The van der Waals surface area contributed by atoms with Crippen molar-refractivity contribution in [2.75, 3.05) is 6.54 Å². The van der Waals surface area contributed by atoms with Crippen molar-refractivity contribution in [3.05, 3.63) is 12.3 Å². The minimum absolute atomic E-state index is 0.296. The number of nitrogens with zero attached hydrogens (tertiary/aromatic N) is 1. The largest absolute Gasteiger partial charge is 0.319 e. The van der Waals surface area contributed by atoms with Gasteiger partial charge in [-0.15, -0.1) is 0 Å². The number of carbonyl (C=O) groups is 1. The molecule has 0 radical (unpaired) electrons. The van der Waals surface area contributed by atoms with E-state index in [4.69, 9.17) is 0 Å². The maximum atomic E-state index is 11.4. The smallest absolute Gasteiger partial charge is 0.226 e. The molecule has 0 N–H and O–H groups in total. The molecule has 0 aromatic heterocycles. The van der Waals surface area contributed by atoms with E-state index in [1.54, 1.807) is 0 Å². The first kappa shape index (κ1) is 17.3. The third kappa shape index (κ3) is 8.39. The number of unbranched alkanes of at least 4 members (excludes halogenated alkanes) is 10. The minimum Gasteiger partial charge on any atom is -0.319 e. The molecule has 1 fully saturated rings. The fraction of sp³-hybridized carbons (Fsp3) is 0.833. The SMILES string of the molecule is CCCCCCCCCCCCC=CN1CCCC1=O. The Hall–Kier alpha value is -0.790. The molecule has 0 aliphatic carbocycles. The highest BCUT2D eigenvalue weighted by Gasteiger charge is 2.16. The summed E-state index contributed by atoms with van der Waals surface area (Å²) in [7, 11) is 0. The van der Waals surface area contributed by atoms with E-state index >= 15 is 0 Å². The summed E-state index contributed by atoms with van der Waals surface area (Å²) in [5, 5.41) is 0. The highest BCUT2D eigenvalue weighted by Crippen LogP contribution is 2.13. The summed E-state index contributed by atoms with van der Waals surface area (Å²) >= 11 is 0. The Morgan fingerprint density at radius 1 is 0.950 bits per heavy atom. The summed E-state index contributed by atoms with van der Waals surface area (Å²) in [5.41, 5.74) is 0. The Morgan fingerprint density at radius 2 is 1.55 bits per heavy atom. The van der Waals surface area contributed by atoms with Gasteiger partial charge in [0.25, 0.3) is 0 Å². The molecule has 0 aromatic rings. The van der Waals surface area contributed by atoms with E-state index in [1.807, 2.05) is 11.1 Å². The summed E-state index contributed by atoms with van der Waals surface area (Å²) in [4.78, 5) is 13.3. The van der Waals surface area contributed by atoms with E-state index in [0.29, 0.717) is 5.91 Å². The Balaban J connectivity index is 1.80. The molecule has 0 atom stereocenters. The number of likely N-dealkylation sites (tertiary alicyclic amines) is 1. The number of allylic oxidation sites excluding steroid dienone is 1. The zero-order chi connectivity index (χ0) is 14.5. The normalized spacial score (nSPS) is 15.7. The van der Waals surface area contributed by atoms with Crippen molar-refractivity contribution in [2.45, 2.75) is 90.4 Å². The van der Waals surface area contributed by atoms with Crippen LogP contribution in [0.25, 0.3) is 0 Å². The lowest BCUT2D eigenvalue weighted by Gasteiger charge is -2.08. The van der Waals surface area contributed by atoms with Crippen LogP contribution in [-0.4, -0.2) is 17.4 Å². The lowest BCUT2D eigenvalue weighted by atomic mass is 10.1. The van der Waals surface area contributed by atoms with Crippen molar-refractivity contribution in [1.29, 1.82) is 0 Å². The summed E-state index contributed by atoms with van der Waals surface area (Å²) in [5.74, 6) is 0.296. The second-order valence-electron chi connectivity index (χ2n) is 6.05. The van der Waals surface area contributed by atoms with E-state index in [2.05, 4.69) is 13.0 Å². The first-order chi connectivity index (χ1) is 9.84. The van der Waals surface area contributed by atoms with Crippen molar-refractivity contribution in [3.63, 3.8) is 0 Å². The van der Waals surface area contributed by atoms with Crippen LogP contribution in [-0.2, 0) is 4.79 Å². The fourth-order valence-corrected chi connectivity index (χ4v) is 2.78. The monoisotopic (exact) mass is 279 g/mol. The van der Waals surface area contributed by atoms with Crippen LogP contribution in [0.15, 0.2) is 12.3 Å². The maximum Gasteiger partial charge on any atom is 0.226 e. The average Bonchev–Trinajstić information content (AvgIpc) is 2.85. The van der Waals surface area contributed by atoms with Crippen molar-refractivity contribution >= 4 is 5.91 Å². The van der Waals surface area contributed by atoms with E-state index in [-0.39, 0.29) is 0 Å². The van der Waals surface area contributed by atoms with Crippen LogP contribution in [0.3, 0.4) is 0 Å². The number of amides is 1. The molecule has 0 saturated carbocycles. The first-order valence-electron chi connectivity index (χ1n) is 8.80. The second-order valence-corrected chi connectivity index (χ2v) is 6.05. The topological polar surface area (TPSA) is 20.3 Å². The molecule has 0 aromatic carbocycles. The summed E-state index contributed by atoms with van der Waals surface area (Å²) < 4.78 is 0. The van der Waals surface area contributed by atoms with Gasteiger partial charge in [-0.05, 0) is 19.3 Å². The molecule has 0 spiro atoms. The highest BCUT2D eigenvalue weighted by atomic mass is 16.2. The van der Waals surface area contributed by atoms with Gasteiger partial charge >= 0.3 is 0 Å². The molecule has 0 bridgehead atoms. The predicted octanol–water partition coefficient (Wildman–Crippen LogP) is 5.43. The Kier molecular flexibility index (Phi) is 10.3. The second kappa shape index (κ2) is 12.0. The molecule has 20 heavy (non-hydrogen) atoms. The van der Waals surface area contributed by atoms with Gasteiger partial charge in [0.05, 0.1) is 0 Å². The van der Waals surface area contributed by atoms with Gasteiger partial charge in [0.2, 0.25) is 5.91 Å². The van der Waals surface area contributed by atoms with E-state index in [9.17, 15) is 4.79 Å². The number of rotatable bonds is 12. The summed E-state index contributed by atoms with van der Waals surface area (Å²) in [6.45, 7) is 3.20. The quantitative estimate of drug-likeness (QED) is 0.436. The number of carbonyl (C=O) groups excluding carboxylic acids is 1. The molecule has 1 aliphatic rings. The molecular weight excluding hydrogens is 246 g/mol. The van der Waals surface area contributed by atoms with Crippen molar-refractivity contribution in [1.82, 2.24) is 4.90 Å². The zero-order valence-corrected chi connectivity index (χ0v) is 13.4. The molecule has 0 unspecified atom stereocenters. The van der Waals surface area contributed by atoms with E-state index in [1.165, 1.54) is 64.2 Å². The van der Waals surface area contributed by atoms with Crippen LogP contribution >= 0.6 is 0 Å². The third-order valence-corrected chi connectivity index (χ3v) is 4.12. The Morgan fingerprint density at radius 3 is 2.10 bits per heavy atom. The van der Waals surface area contributed by atoms with Crippen molar-refractivity contribution < 1.29 is 4.79 Å². The molecule has 1 amide bonds. The summed E-state index contributed by atoms with van der Waals surface area (Å²) in [6, 6.07) is 0. The van der Waals surface area contributed by atoms with Gasteiger partial charge < -0.3 is 4.90 Å². The lowest BCUT2D eigenvalue weighted by Crippen LogP contribution is -2.17. The maximum absolute atomic E-state index is 11.4. The fourth-order valence-electron chi connectivity index (χ4n) is 2.78. The standard InChI is InChI=1S/C18H33NO/c1-2-3-4-5-6-7-8-9-10-11-12-13-16-19-17-14-15-18(19)20/h13,16H,2-12,14-15,17H2,1H3. The van der Waals surface area contributed by atoms with Crippen LogP contribution in [0.4, 0.5) is 0 Å². The molecule has 116 valence electrons. The van der Waals surface area contributed by atoms with E-state index in [0.717, 1.165) is 25.8 Å². The molecule has 2 nitrogen and oxygen atoms in total. The predicted molar refractivity (Wildman–Crippen MR) is 86.5 cm³/mol. The van der Waals surface area contributed by atoms with Gasteiger partial charge in [0, 0.05) is 19.2 Å². The van der Waals surface area contributed by atoms with Crippen LogP contribution in [0.5, 0.6) is 0 Å². The summed E-state index contributed by atoms with van der Waals surface area (Å²) in [6.07, 6.45) is 20.9. The van der Waals surface area contributed by atoms with Crippen LogP contribution in [0.1, 0.15) is 90.4 Å². The van der Waals surface area contributed by atoms with Crippen LogP contribution in [0, 0.1) is 0 Å². The van der Waals surface area contributed by atoms with Gasteiger partial charge in [-0.2, -0.15) is 0 Å². The van der Waals surface area contributed by atoms with Crippen molar-refractivity contribution in [3.8, 4) is 0 Å². The first-order valence-corrected chi connectivity index (χ1v) is 8.80. The minimum atomic E-state index is 0.296. The average molecular weight is 279 g/mol. The molecular formula is C18H33NO. The Labute approximate surface area is 125 Å². The van der Waals surface area contributed by atoms with Gasteiger partial charge in [-0.1, -0.05) is 70.8 Å². The zero-order valence-electron chi connectivity index (χ0n) is 13.4. The van der Waals surface area contributed by atoms with Crippen LogP contribution < -0.4 is 0 Å². The number of hydrogen-bond acceptors (Lipinski definition) is 1. The van der Waals surface area contributed by atoms with E-state index < -0.39 is 0 Å². The molecule has 1 saturated heterocycles. The number of hydrogen-bond donors (Lipinski definition) is 0. The van der Waals surface area contributed by atoms with Crippen LogP contribution in [0.2, 0.25) is 0 Å². The molecule has 1 rings (SSSR count). The molecule has 2 heteroatoms. The van der Waals surface area contributed by atoms with Crippen molar-refractivity contribution in [2.24, 2.45) is 0 Å². The van der Waals surface area contributed by atoms with Gasteiger partial charge in [0.15, 0.2) is 0 Å². The molecule has 1 heterocycles.